The van der Waals surface area contributed by atoms with E-state index in [-0.39, 0.29) is 17.5 Å². The maximum atomic E-state index is 10.1. The summed E-state index contributed by atoms with van der Waals surface area (Å²) in [5, 5.41) is 33.2. The minimum absolute atomic E-state index is 0.192. The van der Waals surface area contributed by atoms with Crippen molar-refractivity contribution in [1.82, 2.24) is 5.32 Å². The number of nitrogens with one attached hydrogen (secondary N) is 1. The van der Waals surface area contributed by atoms with Gasteiger partial charge in [-0.05, 0) is 48.4 Å². The summed E-state index contributed by atoms with van der Waals surface area (Å²) in [5.74, 6) is -1.11. The van der Waals surface area contributed by atoms with Gasteiger partial charge < -0.3 is 20.6 Å². The van der Waals surface area contributed by atoms with Crippen LogP contribution in [0.3, 0.4) is 0 Å². The topological polar surface area (TPSA) is 72.7 Å². The summed E-state index contributed by atoms with van der Waals surface area (Å²) >= 11 is 5.89. The minimum atomic E-state index is -0.489. The summed E-state index contributed by atoms with van der Waals surface area (Å²) in [6.45, 7) is 0.783. The zero-order valence-corrected chi connectivity index (χ0v) is 12.5. The molecule has 3 rings (SSSR count). The maximum Gasteiger partial charge on any atom is 0.200 e. The van der Waals surface area contributed by atoms with Crippen molar-refractivity contribution in [2.24, 2.45) is 0 Å². The summed E-state index contributed by atoms with van der Waals surface area (Å²) in [7, 11) is 0. The van der Waals surface area contributed by atoms with Gasteiger partial charge in [-0.3, -0.25) is 0 Å². The van der Waals surface area contributed by atoms with E-state index in [4.69, 9.17) is 11.6 Å². The van der Waals surface area contributed by atoms with Gasteiger partial charge in [0.25, 0.3) is 0 Å². The summed E-state index contributed by atoms with van der Waals surface area (Å²) in [5.41, 5.74) is 2.67. The fourth-order valence-electron chi connectivity index (χ4n) is 2.69. The molecule has 1 heterocycles. The van der Waals surface area contributed by atoms with Gasteiger partial charge in [-0.15, -0.1) is 0 Å². The second-order valence-corrected chi connectivity index (χ2v) is 5.72. The molecule has 4 N–H and O–H groups in total. The van der Waals surface area contributed by atoms with E-state index in [1.165, 1.54) is 6.07 Å². The Hall–Kier alpha value is -2.17. The van der Waals surface area contributed by atoms with Gasteiger partial charge in [0.05, 0.1) is 6.04 Å². The van der Waals surface area contributed by atoms with E-state index in [2.05, 4.69) is 5.32 Å². The zero-order valence-electron chi connectivity index (χ0n) is 11.8. The summed E-state index contributed by atoms with van der Waals surface area (Å²) < 4.78 is 0. The van der Waals surface area contributed by atoms with Crippen molar-refractivity contribution in [1.29, 1.82) is 0 Å². The summed E-state index contributed by atoms with van der Waals surface area (Å²) in [6.07, 6.45) is 2.89. The van der Waals surface area contributed by atoms with Gasteiger partial charge in [-0.1, -0.05) is 29.8 Å². The lowest BCUT2D eigenvalue weighted by Crippen LogP contribution is -2.14. The Morgan fingerprint density at radius 1 is 1.00 bits per heavy atom. The van der Waals surface area contributed by atoms with E-state index in [1.807, 2.05) is 30.3 Å². The van der Waals surface area contributed by atoms with Crippen molar-refractivity contribution in [3.63, 3.8) is 0 Å². The van der Waals surface area contributed by atoms with Gasteiger partial charge in [-0.25, -0.2) is 0 Å². The molecule has 1 aliphatic heterocycles. The smallest absolute Gasteiger partial charge is 0.200 e. The highest BCUT2D eigenvalue weighted by Crippen LogP contribution is 2.43. The SMILES string of the molecule is Oc1ccc(C2NCC/C2=C\c2ccc(Cl)cc2)c(O)c1O. The Kier molecular flexibility index (Phi) is 3.96. The van der Waals surface area contributed by atoms with Crippen LogP contribution in [0.2, 0.25) is 5.02 Å². The summed E-state index contributed by atoms with van der Waals surface area (Å²) in [4.78, 5) is 0. The number of hydrogen-bond donors (Lipinski definition) is 4. The molecular weight excluding hydrogens is 302 g/mol. The molecule has 22 heavy (non-hydrogen) atoms. The second kappa shape index (κ2) is 5.91. The monoisotopic (exact) mass is 317 g/mol. The number of halogens is 1. The minimum Gasteiger partial charge on any atom is -0.504 e. The Balaban J connectivity index is 1.97. The highest BCUT2D eigenvalue weighted by Gasteiger charge is 2.26. The molecule has 114 valence electrons. The Labute approximate surface area is 133 Å². The predicted octanol–water partition coefficient (Wildman–Crippen LogP) is 3.57. The largest absolute Gasteiger partial charge is 0.504 e. The first kappa shape index (κ1) is 14.8. The number of aromatic hydroxyl groups is 3. The quantitative estimate of drug-likeness (QED) is 0.639. The molecule has 0 amide bonds. The molecule has 0 radical (unpaired) electrons. The van der Waals surface area contributed by atoms with Crippen LogP contribution in [0.1, 0.15) is 23.6 Å². The first-order chi connectivity index (χ1) is 10.6. The average Bonchev–Trinajstić information content (AvgIpc) is 2.95. The third kappa shape index (κ3) is 2.75. The third-order valence-electron chi connectivity index (χ3n) is 3.83. The first-order valence-electron chi connectivity index (χ1n) is 6.99. The lowest BCUT2D eigenvalue weighted by atomic mass is 9.96. The van der Waals surface area contributed by atoms with Crippen LogP contribution in [0.4, 0.5) is 0 Å². The van der Waals surface area contributed by atoms with Crippen LogP contribution >= 0.6 is 11.6 Å². The van der Waals surface area contributed by atoms with Gasteiger partial charge in [0.15, 0.2) is 11.5 Å². The normalized spacial score (nSPS) is 19.7. The molecule has 0 aromatic heterocycles. The van der Waals surface area contributed by atoms with E-state index in [0.29, 0.717) is 10.6 Å². The van der Waals surface area contributed by atoms with Crippen LogP contribution in [0.25, 0.3) is 6.08 Å². The van der Waals surface area contributed by atoms with Crippen molar-refractivity contribution in [2.45, 2.75) is 12.5 Å². The van der Waals surface area contributed by atoms with Gasteiger partial charge in [-0.2, -0.15) is 0 Å². The number of benzene rings is 2. The van der Waals surface area contributed by atoms with Crippen LogP contribution in [0.15, 0.2) is 42.0 Å². The van der Waals surface area contributed by atoms with E-state index in [9.17, 15) is 15.3 Å². The molecule has 0 saturated carbocycles. The fourth-order valence-corrected chi connectivity index (χ4v) is 2.82. The number of rotatable bonds is 2. The molecule has 0 spiro atoms. The molecule has 1 fully saturated rings. The first-order valence-corrected chi connectivity index (χ1v) is 7.37. The van der Waals surface area contributed by atoms with Gasteiger partial charge in [0.2, 0.25) is 5.75 Å². The van der Waals surface area contributed by atoms with E-state index in [0.717, 1.165) is 24.1 Å². The van der Waals surface area contributed by atoms with Gasteiger partial charge in [0, 0.05) is 10.6 Å². The van der Waals surface area contributed by atoms with Crippen LogP contribution in [-0.4, -0.2) is 21.9 Å². The Bertz CT molecular complexity index is 725. The third-order valence-corrected chi connectivity index (χ3v) is 4.08. The second-order valence-electron chi connectivity index (χ2n) is 5.28. The lowest BCUT2D eigenvalue weighted by Gasteiger charge is -2.16. The van der Waals surface area contributed by atoms with Crippen molar-refractivity contribution >= 4 is 17.7 Å². The average molecular weight is 318 g/mol. The molecule has 1 atom stereocenters. The van der Waals surface area contributed by atoms with Crippen molar-refractivity contribution in [3.8, 4) is 17.2 Å². The molecule has 5 heteroatoms. The Morgan fingerprint density at radius 2 is 1.73 bits per heavy atom. The number of hydrogen-bond acceptors (Lipinski definition) is 4. The molecule has 1 saturated heterocycles. The molecule has 1 aliphatic rings. The molecule has 2 aromatic carbocycles. The molecule has 0 aliphatic carbocycles. The predicted molar refractivity (Wildman–Crippen MR) is 86.2 cm³/mol. The molecule has 1 unspecified atom stereocenters. The number of phenols is 3. The highest BCUT2D eigenvalue weighted by molar-refractivity contribution is 6.30. The molecule has 2 aromatic rings. The summed E-state index contributed by atoms with van der Waals surface area (Å²) in [6, 6.07) is 10.3. The van der Waals surface area contributed by atoms with E-state index >= 15 is 0 Å². The van der Waals surface area contributed by atoms with Crippen LogP contribution in [0, 0.1) is 0 Å². The molecule has 0 bridgehead atoms. The molecule has 4 nitrogen and oxygen atoms in total. The maximum absolute atomic E-state index is 10.1. The fraction of sp³-hybridized carbons (Fsp3) is 0.176. The van der Waals surface area contributed by atoms with Crippen molar-refractivity contribution in [3.05, 3.63) is 58.1 Å². The van der Waals surface area contributed by atoms with Gasteiger partial charge in [0.1, 0.15) is 0 Å². The van der Waals surface area contributed by atoms with Crippen molar-refractivity contribution in [2.75, 3.05) is 6.54 Å². The van der Waals surface area contributed by atoms with Crippen LogP contribution in [0.5, 0.6) is 17.2 Å². The lowest BCUT2D eigenvalue weighted by molar-refractivity contribution is 0.363. The van der Waals surface area contributed by atoms with E-state index in [1.54, 1.807) is 6.07 Å². The van der Waals surface area contributed by atoms with Crippen molar-refractivity contribution < 1.29 is 15.3 Å². The molecular formula is C17H16ClNO3. The Morgan fingerprint density at radius 3 is 2.45 bits per heavy atom. The highest BCUT2D eigenvalue weighted by atomic mass is 35.5. The van der Waals surface area contributed by atoms with Crippen LogP contribution in [-0.2, 0) is 0 Å². The van der Waals surface area contributed by atoms with Gasteiger partial charge >= 0.3 is 0 Å². The standard InChI is InChI=1S/C17H16ClNO3/c18-12-3-1-10(2-4-12)9-11-7-8-19-15(11)13-5-6-14(20)17(22)16(13)21/h1-6,9,15,19-22H,7-8H2/b11-9+. The zero-order chi connectivity index (χ0) is 15.7. The van der Waals surface area contributed by atoms with Crippen LogP contribution < -0.4 is 5.32 Å². The van der Waals surface area contributed by atoms with E-state index < -0.39 is 5.75 Å². The number of phenolic OH excluding ortho intramolecular Hbond substituents is 3.